The van der Waals surface area contributed by atoms with Gasteiger partial charge in [-0.2, -0.15) is 5.10 Å². The SMILES string of the molecule is CC(C)(C)n1nc(-c2ccccc2)c2c(NCC3CCCC3)nccc21. The summed E-state index contributed by atoms with van der Waals surface area (Å²) in [5.74, 6) is 1.73. The van der Waals surface area contributed by atoms with Crippen LogP contribution in [0, 0.1) is 5.92 Å². The number of nitrogens with one attached hydrogen (secondary N) is 1. The van der Waals surface area contributed by atoms with Crippen LogP contribution in [0.3, 0.4) is 0 Å². The summed E-state index contributed by atoms with van der Waals surface area (Å²) >= 11 is 0. The summed E-state index contributed by atoms with van der Waals surface area (Å²) < 4.78 is 2.13. The van der Waals surface area contributed by atoms with Crippen LogP contribution in [0.5, 0.6) is 0 Å². The number of anilines is 1. The fraction of sp³-hybridized carbons (Fsp3) is 0.455. The summed E-state index contributed by atoms with van der Waals surface area (Å²) in [6, 6.07) is 12.5. The van der Waals surface area contributed by atoms with E-state index in [1.807, 2.05) is 12.3 Å². The number of hydrogen-bond donors (Lipinski definition) is 1. The molecule has 1 aromatic carbocycles. The Kier molecular flexibility index (Phi) is 4.43. The van der Waals surface area contributed by atoms with Crippen LogP contribution in [-0.4, -0.2) is 21.3 Å². The number of rotatable bonds is 4. The summed E-state index contributed by atoms with van der Waals surface area (Å²) in [7, 11) is 0. The number of fused-ring (bicyclic) bond motifs is 1. The third kappa shape index (κ3) is 3.20. The van der Waals surface area contributed by atoms with E-state index in [0.717, 1.165) is 40.4 Å². The molecule has 0 amide bonds. The molecule has 0 saturated heterocycles. The molecule has 0 unspecified atom stereocenters. The van der Waals surface area contributed by atoms with Crippen molar-refractivity contribution in [3.8, 4) is 11.3 Å². The molecule has 4 nitrogen and oxygen atoms in total. The highest BCUT2D eigenvalue weighted by Crippen LogP contribution is 2.35. The van der Waals surface area contributed by atoms with Crippen LogP contribution in [0.4, 0.5) is 5.82 Å². The standard InChI is InChI=1S/C22H28N4/c1-22(2,3)26-18-13-14-23-21(24-15-16-9-7-8-10-16)19(18)20(25-26)17-11-5-4-6-12-17/h4-6,11-14,16H,7-10,15H2,1-3H3,(H,23,24). The Morgan fingerprint density at radius 1 is 1.08 bits per heavy atom. The zero-order valence-corrected chi connectivity index (χ0v) is 16.0. The Labute approximate surface area is 155 Å². The van der Waals surface area contributed by atoms with E-state index in [1.165, 1.54) is 25.7 Å². The van der Waals surface area contributed by atoms with Gasteiger partial charge in [0.05, 0.1) is 16.4 Å². The minimum absolute atomic E-state index is 0.0879. The quantitative estimate of drug-likeness (QED) is 0.681. The highest BCUT2D eigenvalue weighted by Gasteiger charge is 2.24. The number of hydrogen-bond acceptors (Lipinski definition) is 3. The van der Waals surface area contributed by atoms with E-state index in [1.54, 1.807) is 0 Å². The van der Waals surface area contributed by atoms with E-state index < -0.39 is 0 Å². The van der Waals surface area contributed by atoms with Crippen molar-refractivity contribution in [2.45, 2.75) is 52.0 Å². The zero-order chi connectivity index (χ0) is 18.1. The number of aromatic nitrogens is 3. The summed E-state index contributed by atoms with van der Waals surface area (Å²) in [5, 5.41) is 9.78. The molecule has 4 rings (SSSR count). The lowest BCUT2D eigenvalue weighted by molar-refractivity contribution is 0.369. The zero-order valence-electron chi connectivity index (χ0n) is 16.0. The Bertz CT molecular complexity index is 884. The minimum atomic E-state index is -0.0879. The van der Waals surface area contributed by atoms with Crippen molar-refractivity contribution >= 4 is 16.7 Å². The minimum Gasteiger partial charge on any atom is -0.369 e. The molecule has 2 heterocycles. The summed E-state index contributed by atoms with van der Waals surface area (Å²) in [4.78, 5) is 4.68. The predicted molar refractivity (Wildman–Crippen MR) is 108 cm³/mol. The third-order valence-corrected chi connectivity index (χ3v) is 5.31. The maximum atomic E-state index is 5.01. The molecule has 1 N–H and O–H groups in total. The molecule has 0 spiro atoms. The Hall–Kier alpha value is -2.36. The van der Waals surface area contributed by atoms with Gasteiger partial charge >= 0.3 is 0 Å². The van der Waals surface area contributed by atoms with Gasteiger partial charge in [-0.25, -0.2) is 4.98 Å². The second-order valence-corrected chi connectivity index (χ2v) is 8.38. The first-order valence-electron chi connectivity index (χ1n) is 9.71. The average Bonchev–Trinajstić information content (AvgIpc) is 3.28. The smallest absolute Gasteiger partial charge is 0.137 e. The van der Waals surface area contributed by atoms with Gasteiger partial charge in [0, 0.05) is 18.3 Å². The molecule has 1 aliphatic rings. The van der Waals surface area contributed by atoms with Gasteiger partial charge in [0.2, 0.25) is 0 Å². The van der Waals surface area contributed by atoms with E-state index in [2.05, 4.69) is 66.1 Å². The molecule has 136 valence electrons. The number of pyridine rings is 1. The summed E-state index contributed by atoms with van der Waals surface area (Å²) in [6.07, 6.45) is 7.28. The maximum absolute atomic E-state index is 5.01. The molecule has 0 atom stereocenters. The molecule has 1 aliphatic carbocycles. The predicted octanol–water partition coefficient (Wildman–Crippen LogP) is 5.46. The topological polar surface area (TPSA) is 42.7 Å². The van der Waals surface area contributed by atoms with Crippen molar-refractivity contribution in [3.63, 3.8) is 0 Å². The summed E-state index contributed by atoms with van der Waals surface area (Å²) in [5.41, 5.74) is 3.20. The van der Waals surface area contributed by atoms with E-state index in [0.29, 0.717) is 0 Å². The van der Waals surface area contributed by atoms with Gasteiger partial charge in [-0.3, -0.25) is 4.68 Å². The molecule has 1 saturated carbocycles. The highest BCUT2D eigenvalue weighted by atomic mass is 15.3. The summed E-state index contributed by atoms with van der Waals surface area (Å²) in [6.45, 7) is 7.59. The Morgan fingerprint density at radius 2 is 1.81 bits per heavy atom. The molecular formula is C22H28N4. The molecule has 2 aromatic heterocycles. The second kappa shape index (κ2) is 6.75. The van der Waals surface area contributed by atoms with Crippen LogP contribution in [-0.2, 0) is 5.54 Å². The van der Waals surface area contributed by atoms with Gasteiger partial charge in [0.15, 0.2) is 0 Å². The first-order chi connectivity index (χ1) is 12.5. The monoisotopic (exact) mass is 348 g/mol. The average molecular weight is 348 g/mol. The second-order valence-electron chi connectivity index (χ2n) is 8.38. The fourth-order valence-corrected chi connectivity index (χ4v) is 3.96. The molecule has 0 aliphatic heterocycles. The normalized spacial score (nSPS) is 15.7. The lowest BCUT2D eigenvalue weighted by Gasteiger charge is -2.20. The van der Waals surface area contributed by atoms with Crippen LogP contribution < -0.4 is 5.32 Å². The lowest BCUT2D eigenvalue weighted by Crippen LogP contribution is -2.23. The number of benzene rings is 1. The molecular weight excluding hydrogens is 320 g/mol. The Morgan fingerprint density at radius 3 is 2.50 bits per heavy atom. The van der Waals surface area contributed by atoms with Gasteiger partial charge in [0.25, 0.3) is 0 Å². The third-order valence-electron chi connectivity index (χ3n) is 5.31. The van der Waals surface area contributed by atoms with E-state index >= 15 is 0 Å². The Balaban J connectivity index is 1.83. The first-order valence-corrected chi connectivity index (χ1v) is 9.71. The van der Waals surface area contributed by atoms with Crippen molar-refractivity contribution in [3.05, 3.63) is 42.6 Å². The largest absolute Gasteiger partial charge is 0.369 e. The molecule has 1 fully saturated rings. The van der Waals surface area contributed by atoms with E-state index in [-0.39, 0.29) is 5.54 Å². The van der Waals surface area contributed by atoms with Crippen molar-refractivity contribution in [1.82, 2.24) is 14.8 Å². The molecule has 4 heteroatoms. The first kappa shape index (κ1) is 17.1. The van der Waals surface area contributed by atoms with Gasteiger partial charge in [-0.1, -0.05) is 43.2 Å². The van der Waals surface area contributed by atoms with Crippen molar-refractivity contribution < 1.29 is 0 Å². The van der Waals surface area contributed by atoms with E-state index in [9.17, 15) is 0 Å². The van der Waals surface area contributed by atoms with Gasteiger partial charge < -0.3 is 5.32 Å². The van der Waals surface area contributed by atoms with Crippen LogP contribution in [0.25, 0.3) is 22.2 Å². The van der Waals surface area contributed by atoms with Crippen LogP contribution >= 0.6 is 0 Å². The van der Waals surface area contributed by atoms with Crippen molar-refractivity contribution in [2.75, 3.05) is 11.9 Å². The van der Waals surface area contributed by atoms with Crippen molar-refractivity contribution in [2.24, 2.45) is 5.92 Å². The van der Waals surface area contributed by atoms with Gasteiger partial charge in [-0.15, -0.1) is 0 Å². The fourth-order valence-electron chi connectivity index (χ4n) is 3.96. The van der Waals surface area contributed by atoms with Crippen molar-refractivity contribution in [1.29, 1.82) is 0 Å². The van der Waals surface area contributed by atoms with Crippen LogP contribution in [0.2, 0.25) is 0 Å². The van der Waals surface area contributed by atoms with E-state index in [4.69, 9.17) is 5.10 Å². The molecule has 0 bridgehead atoms. The lowest BCUT2D eigenvalue weighted by atomic mass is 10.1. The molecule has 3 aromatic rings. The maximum Gasteiger partial charge on any atom is 0.137 e. The molecule has 26 heavy (non-hydrogen) atoms. The highest BCUT2D eigenvalue weighted by molar-refractivity contribution is 6.01. The molecule has 0 radical (unpaired) electrons. The number of nitrogens with zero attached hydrogens (tertiary/aromatic N) is 3. The van der Waals surface area contributed by atoms with Crippen LogP contribution in [0.15, 0.2) is 42.6 Å². The van der Waals surface area contributed by atoms with Crippen LogP contribution in [0.1, 0.15) is 46.5 Å². The van der Waals surface area contributed by atoms with Gasteiger partial charge in [0.1, 0.15) is 11.5 Å². The van der Waals surface area contributed by atoms with Gasteiger partial charge in [-0.05, 0) is 45.6 Å².